The Morgan fingerprint density at radius 2 is 1.41 bits per heavy atom. The quantitative estimate of drug-likeness (QED) is 0.112. The largest absolute Gasteiger partial charge is 0.508 e. The van der Waals surface area contributed by atoms with E-state index in [0.29, 0.717) is 31.4 Å². The first-order valence-electron chi connectivity index (χ1n) is 13.0. The number of hydrogen-bond donors (Lipinski definition) is 8. The van der Waals surface area contributed by atoms with Crippen LogP contribution in [0.25, 0.3) is 0 Å². The predicted molar refractivity (Wildman–Crippen MR) is 142 cm³/mol. The fourth-order valence-corrected chi connectivity index (χ4v) is 3.69. The van der Waals surface area contributed by atoms with Crippen molar-refractivity contribution in [3.63, 3.8) is 0 Å². The van der Waals surface area contributed by atoms with Crippen molar-refractivity contribution in [1.82, 2.24) is 16.0 Å². The van der Waals surface area contributed by atoms with Crippen LogP contribution in [-0.2, 0) is 30.4 Å². The Kier molecular flexibility index (Phi) is 14.5. The first kappa shape index (κ1) is 33.3. The van der Waals surface area contributed by atoms with Gasteiger partial charge in [0, 0.05) is 12.8 Å². The van der Waals surface area contributed by atoms with Gasteiger partial charge in [0.25, 0.3) is 0 Å². The summed E-state index contributed by atoms with van der Waals surface area (Å²) in [6, 6.07) is 1.12. The van der Waals surface area contributed by atoms with Crippen molar-refractivity contribution in [2.75, 3.05) is 6.54 Å². The SMILES string of the molecule is CCC(C)C(N)C(=O)NC(CCC(=O)O)C(=O)NC(Cc1ccc(O)cc1)C(=O)NC(CCCCN)C(=O)O. The summed E-state index contributed by atoms with van der Waals surface area (Å²) in [5, 5.41) is 35.7. The molecular weight excluding hydrogens is 510 g/mol. The van der Waals surface area contributed by atoms with Crippen molar-refractivity contribution in [2.45, 2.75) is 83.0 Å². The highest BCUT2D eigenvalue weighted by Crippen LogP contribution is 2.13. The zero-order valence-corrected chi connectivity index (χ0v) is 22.4. The molecule has 218 valence electrons. The van der Waals surface area contributed by atoms with Crippen LogP contribution in [0.5, 0.6) is 5.75 Å². The second kappa shape index (κ2) is 17.0. The number of nitrogens with two attached hydrogens (primary N) is 2. The number of phenolic OH excluding ortho intramolecular Hbond substituents is 1. The summed E-state index contributed by atoms with van der Waals surface area (Å²) >= 11 is 0. The zero-order chi connectivity index (χ0) is 29.5. The summed E-state index contributed by atoms with van der Waals surface area (Å²) in [5.41, 5.74) is 12.0. The summed E-state index contributed by atoms with van der Waals surface area (Å²) in [7, 11) is 0. The third-order valence-corrected chi connectivity index (χ3v) is 6.41. The molecule has 13 nitrogen and oxygen atoms in total. The number of aliphatic carboxylic acids is 2. The van der Waals surface area contributed by atoms with Crippen LogP contribution < -0.4 is 27.4 Å². The molecule has 10 N–H and O–H groups in total. The Labute approximate surface area is 227 Å². The first-order chi connectivity index (χ1) is 18.4. The molecule has 5 unspecified atom stereocenters. The minimum Gasteiger partial charge on any atom is -0.508 e. The van der Waals surface area contributed by atoms with Gasteiger partial charge in [-0.05, 0) is 55.8 Å². The molecule has 0 aromatic heterocycles. The Balaban J connectivity index is 3.18. The van der Waals surface area contributed by atoms with Crippen LogP contribution >= 0.6 is 0 Å². The predicted octanol–water partition coefficient (Wildman–Crippen LogP) is -0.159. The fourth-order valence-electron chi connectivity index (χ4n) is 3.69. The molecule has 1 aromatic rings. The number of unbranched alkanes of at least 4 members (excludes halogenated alkanes) is 1. The molecule has 0 fully saturated rings. The van der Waals surface area contributed by atoms with Gasteiger partial charge in [-0.1, -0.05) is 32.4 Å². The number of amides is 3. The van der Waals surface area contributed by atoms with E-state index in [9.17, 15) is 34.2 Å². The first-order valence-corrected chi connectivity index (χ1v) is 13.0. The van der Waals surface area contributed by atoms with E-state index in [4.69, 9.17) is 16.6 Å². The summed E-state index contributed by atoms with van der Waals surface area (Å²) in [6.45, 7) is 3.98. The smallest absolute Gasteiger partial charge is 0.326 e. The molecule has 0 aliphatic rings. The molecule has 3 amide bonds. The van der Waals surface area contributed by atoms with Crippen LogP contribution in [0, 0.1) is 5.92 Å². The summed E-state index contributed by atoms with van der Waals surface area (Å²) in [6.07, 6.45) is 0.992. The molecule has 0 saturated carbocycles. The fraction of sp³-hybridized carbons (Fsp3) is 0.577. The number of carbonyl (C=O) groups is 5. The van der Waals surface area contributed by atoms with E-state index in [1.165, 1.54) is 24.3 Å². The lowest BCUT2D eigenvalue weighted by Crippen LogP contribution is -2.58. The zero-order valence-electron chi connectivity index (χ0n) is 22.4. The molecule has 0 saturated heterocycles. The maximum absolute atomic E-state index is 13.2. The number of carboxylic acids is 2. The van der Waals surface area contributed by atoms with Gasteiger partial charge >= 0.3 is 11.9 Å². The Bertz CT molecular complexity index is 972. The van der Waals surface area contributed by atoms with Gasteiger partial charge in [0.1, 0.15) is 23.9 Å². The van der Waals surface area contributed by atoms with Gasteiger partial charge in [-0.15, -0.1) is 0 Å². The van der Waals surface area contributed by atoms with Gasteiger partial charge < -0.3 is 42.7 Å². The standard InChI is InChI=1S/C26H41N5O8/c1-3-15(2)22(28)25(37)29-18(11-12-21(33)34)23(35)31-20(14-16-7-9-17(32)10-8-16)24(36)30-19(26(38)39)6-4-5-13-27/h7-10,15,18-20,22,32H,3-6,11-14,27-28H2,1-2H3,(H,29,37)(H,30,36)(H,31,35)(H,33,34)(H,38,39). The number of rotatable bonds is 18. The number of hydrogen-bond acceptors (Lipinski definition) is 8. The lowest BCUT2D eigenvalue weighted by Gasteiger charge is -2.26. The lowest BCUT2D eigenvalue weighted by atomic mass is 9.98. The monoisotopic (exact) mass is 551 g/mol. The Morgan fingerprint density at radius 3 is 1.95 bits per heavy atom. The second-order valence-electron chi connectivity index (χ2n) is 9.52. The van der Waals surface area contributed by atoms with Gasteiger partial charge in [-0.2, -0.15) is 0 Å². The molecule has 1 aromatic carbocycles. The van der Waals surface area contributed by atoms with E-state index in [1.54, 1.807) is 6.92 Å². The van der Waals surface area contributed by atoms with Crippen molar-refractivity contribution in [3.8, 4) is 5.75 Å². The Hall–Kier alpha value is -3.71. The molecule has 0 aliphatic heterocycles. The van der Waals surface area contributed by atoms with Gasteiger partial charge in [0.15, 0.2) is 0 Å². The number of carboxylic acid groups (broad SMARTS) is 2. The van der Waals surface area contributed by atoms with E-state index in [1.807, 2.05) is 6.92 Å². The van der Waals surface area contributed by atoms with Crippen LogP contribution in [0.1, 0.15) is 57.9 Å². The molecular formula is C26H41N5O8. The summed E-state index contributed by atoms with van der Waals surface area (Å²) in [5.74, 6) is -4.89. The van der Waals surface area contributed by atoms with Crippen molar-refractivity contribution in [2.24, 2.45) is 17.4 Å². The van der Waals surface area contributed by atoms with E-state index in [-0.39, 0.29) is 30.9 Å². The third-order valence-electron chi connectivity index (χ3n) is 6.41. The van der Waals surface area contributed by atoms with Crippen LogP contribution in [0.15, 0.2) is 24.3 Å². The lowest BCUT2D eigenvalue weighted by molar-refractivity contribution is -0.142. The molecule has 0 bridgehead atoms. The van der Waals surface area contributed by atoms with E-state index < -0.39 is 60.2 Å². The van der Waals surface area contributed by atoms with Crippen molar-refractivity contribution in [3.05, 3.63) is 29.8 Å². The van der Waals surface area contributed by atoms with E-state index in [0.717, 1.165) is 0 Å². The highest BCUT2D eigenvalue weighted by atomic mass is 16.4. The number of nitrogens with one attached hydrogen (secondary N) is 3. The third kappa shape index (κ3) is 12.1. The van der Waals surface area contributed by atoms with Crippen molar-refractivity contribution >= 4 is 29.7 Å². The normalized spacial score (nSPS) is 14.8. The van der Waals surface area contributed by atoms with Gasteiger partial charge in [0.05, 0.1) is 6.04 Å². The van der Waals surface area contributed by atoms with Crippen LogP contribution in [0.2, 0.25) is 0 Å². The second-order valence-corrected chi connectivity index (χ2v) is 9.52. The number of carbonyl (C=O) groups excluding carboxylic acids is 3. The number of benzene rings is 1. The molecule has 0 aliphatic carbocycles. The topological polar surface area (TPSA) is 234 Å². The van der Waals surface area contributed by atoms with Gasteiger partial charge in [-0.25, -0.2) is 4.79 Å². The van der Waals surface area contributed by atoms with E-state index in [2.05, 4.69) is 16.0 Å². The van der Waals surface area contributed by atoms with Crippen molar-refractivity contribution < 1.29 is 39.3 Å². The average Bonchev–Trinajstić information content (AvgIpc) is 2.89. The average molecular weight is 552 g/mol. The highest BCUT2D eigenvalue weighted by molar-refractivity contribution is 5.94. The molecule has 39 heavy (non-hydrogen) atoms. The maximum atomic E-state index is 13.2. The molecule has 0 heterocycles. The molecule has 1 rings (SSSR count). The van der Waals surface area contributed by atoms with Gasteiger partial charge in [0.2, 0.25) is 17.7 Å². The van der Waals surface area contributed by atoms with Crippen LogP contribution in [-0.4, -0.2) is 75.7 Å². The number of aromatic hydroxyl groups is 1. The minimum atomic E-state index is -1.31. The maximum Gasteiger partial charge on any atom is 0.326 e. The molecule has 0 spiro atoms. The van der Waals surface area contributed by atoms with E-state index >= 15 is 0 Å². The molecule has 0 radical (unpaired) electrons. The Morgan fingerprint density at radius 1 is 0.846 bits per heavy atom. The minimum absolute atomic E-state index is 0.0104. The molecule has 5 atom stereocenters. The summed E-state index contributed by atoms with van der Waals surface area (Å²) in [4.78, 5) is 62.0. The van der Waals surface area contributed by atoms with Crippen molar-refractivity contribution in [1.29, 1.82) is 0 Å². The number of phenols is 1. The molecule has 13 heteroatoms. The van der Waals surface area contributed by atoms with Crippen LogP contribution in [0.3, 0.4) is 0 Å². The summed E-state index contributed by atoms with van der Waals surface area (Å²) < 4.78 is 0. The van der Waals surface area contributed by atoms with Gasteiger partial charge in [-0.3, -0.25) is 19.2 Å². The highest BCUT2D eigenvalue weighted by Gasteiger charge is 2.31. The van der Waals surface area contributed by atoms with Crippen LogP contribution in [0.4, 0.5) is 0 Å².